The molecular formula is C16H14N2OS. The lowest BCUT2D eigenvalue weighted by Gasteiger charge is -2.06. The van der Waals surface area contributed by atoms with Crippen molar-refractivity contribution in [2.75, 3.05) is 0 Å². The Hall–Kier alpha value is -2.07. The highest BCUT2D eigenvalue weighted by atomic mass is 32.2. The standard InChI is InChI=1S/C16H14N2OS/c1-11-9-15(18-16(19)17-11)20-10-13-7-4-6-12-5-2-3-8-14(12)13/h2-9H,10H2,1H3,(H,17,18,19). The van der Waals surface area contributed by atoms with Crippen LogP contribution >= 0.6 is 11.8 Å². The van der Waals surface area contributed by atoms with Gasteiger partial charge in [-0.05, 0) is 29.3 Å². The van der Waals surface area contributed by atoms with Crippen LogP contribution in [0.4, 0.5) is 0 Å². The minimum absolute atomic E-state index is 0.287. The minimum atomic E-state index is -0.287. The first-order valence-electron chi connectivity index (χ1n) is 6.40. The van der Waals surface area contributed by atoms with Gasteiger partial charge in [0.05, 0.1) is 0 Å². The molecule has 3 rings (SSSR count). The first kappa shape index (κ1) is 12.9. The third-order valence-electron chi connectivity index (χ3n) is 3.11. The number of benzene rings is 2. The molecular weight excluding hydrogens is 268 g/mol. The summed E-state index contributed by atoms with van der Waals surface area (Å²) in [6.45, 7) is 1.87. The van der Waals surface area contributed by atoms with E-state index < -0.39 is 0 Å². The van der Waals surface area contributed by atoms with E-state index in [-0.39, 0.29) is 5.69 Å². The predicted molar refractivity (Wildman–Crippen MR) is 83.1 cm³/mol. The van der Waals surface area contributed by atoms with Crippen LogP contribution in [-0.2, 0) is 5.75 Å². The summed E-state index contributed by atoms with van der Waals surface area (Å²) in [5.41, 5.74) is 1.81. The van der Waals surface area contributed by atoms with E-state index >= 15 is 0 Å². The lowest BCUT2D eigenvalue weighted by atomic mass is 10.1. The maximum absolute atomic E-state index is 11.4. The summed E-state index contributed by atoms with van der Waals surface area (Å²) in [6, 6.07) is 16.5. The third-order valence-corrected chi connectivity index (χ3v) is 4.07. The first-order valence-corrected chi connectivity index (χ1v) is 7.38. The van der Waals surface area contributed by atoms with Crippen molar-refractivity contribution in [1.29, 1.82) is 0 Å². The quantitative estimate of drug-likeness (QED) is 0.590. The van der Waals surface area contributed by atoms with Gasteiger partial charge in [0.2, 0.25) is 0 Å². The zero-order valence-corrected chi connectivity index (χ0v) is 11.9. The lowest BCUT2D eigenvalue weighted by Crippen LogP contribution is -2.11. The van der Waals surface area contributed by atoms with E-state index in [0.29, 0.717) is 0 Å². The Morgan fingerprint density at radius 1 is 1.15 bits per heavy atom. The lowest BCUT2D eigenvalue weighted by molar-refractivity contribution is 0.945. The molecule has 0 aliphatic rings. The molecule has 1 N–H and O–H groups in total. The highest BCUT2D eigenvalue weighted by molar-refractivity contribution is 7.98. The number of hydrogen-bond donors (Lipinski definition) is 1. The molecule has 0 fully saturated rings. The van der Waals surface area contributed by atoms with Crippen LogP contribution in [0.3, 0.4) is 0 Å². The van der Waals surface area contributed by atoms with Crippen LogP contribution in [0.5, 0.6) is 0 Å². The summed E-state index contributed by atoms with van der Waals surface area (Å²) >= 11 is 1.59. The maximum atomic E-state index is 11.4. The Morgan fingerprint density at radius 3 is 2.80 bits per heavy atom. The number of rotatable bonds is 3. The zero-order chi connectivity index (χ0) is 13.9. The van der Waals surface area contributed by atoms with Gasteiger partial charge < -0.3 is 4.98 Å². The molecule has 20 heavy (non-hydrogen) atoms. The van der Waals surface area contributed by atoms with Gasteiger partial charge >= 0.3 is 5.69 Å². The SMILES string of the molecule is Cc1cc(SCc2cccc3ccccc23)nc(=O)[nH]1. The monoisotopic (exact) mass is 282 g/mol. The van der Waals surface area contributed by atoms with Gasteiger partial charge in [-0.25, -0.2) is 4.79 Å². The Balaban J connectivity index is 1.88. The molecule has 0 radical (unpaired) electrons. The maximum Gasteiger partial charge on any atom is 0.346 e. The highest BCUT2D eigenvalue weighted by Gasteiger charge is 2.03. The smallest absolute Gasteiger partial charge is 0.310 e. The summed E-state index contributed by atoms with van der Waals surface area (Å²) in [4.78, 5) is 18.0. The minimum Gasteiger partial charge on any atom is -0.310 e. The van der Waals surface area contributed by atoms with Crippen LogP contribution in [0.2, 0.25) is 0 Å². The average molecular weight is 282 g/mol. The number of nitrogens with zero attached hydrogens (tertiary/aromatic N) is 1. The molecule has 1 heterocycles. The Labute approximate surface area is 121 Å². The molecule has 0 amide bonds. The first-order chi connectivity index (χ1) is 9.72. The number of aryl methyl sites for hydroxylation is 1. The van der Waals surface area contributed by atoms with Gasteiger partial charge in [0.25, 0.3) is 0 Å². The summed E-state index contributed by atoms with van der Waals surface area (Å²) < 4.78 is 0. The molecule has 0 aliphatic heterocycles. The number of hydrogen-bond acceptors (Lipinski definition) is 3. The largest absolute Gasteiger partial charge is 0.346 e. The molecule has 0 atom stereocenters. The topological polar surface area (TPSA) is 45.8 Å². The van der Waals surface area contributed by atoms with Gasteiger partial charge in [-0.2, -0.15) is 4.98 Å². The summed E-state index contributed by atoms with van der Waals surface area (Å²) in [7, 11) is 0. The van der Waals surface area contributed by atoms with Crippen LogP contribution in [0, 0.1) is 6.92 Å². The van der Waals surface area contributed by atoms with E-state index in [1.165, 1.54) is 16.3 Å². The van der Waals surface area contributed by atoms with E-state index in [4.69, 9.17) is 0 Å². The Bertz CT molecular complexity index is 805. The van der Waals surface area contributed by atoms with Gasteiger partial charge in [-0.3, -0.25) is 0 Å². The van der Waals surface area contributed by atoms with Crippen molar-refractivity contribution >= 4 is 22.5 Å². The highest BCUT2D eigenvalue weighted by Crippen LogP contribution is 2.25. The number of H-pyrrole nitrogens is 1. The van der Waals surface area contributed by atoms with E-state index in [0.717, 1.165) is 16.5 Å². The second-order valence-corrected chi connectivity index (χ2v) is 5.63. The van der Waals surface area contributed by atoms with Crippen molar-refractivity contribution in [3.63, 3.8) is 0 Å². The van der Waals surface area contributed by atoms with Crippen LogP contribution in [0.15, 0.2) is 58.4 Å². The molecule has 3 aromatic rings. The Morgan fingerprint density at radius 2 is 1.95 bits per heavy atom. The van der Waals surface area contributed by atoms with Gasteiger partial charge in [0.1, 0.15) is 5.03 Å². The number of thioether (sulfide) groups is 1. The number of nitrogens with one attached hydrogen (secondary N) is 1. The molecule has 100 valence electrons. The molecule has 3 nitrogen and oxygen atoms in total. The van der Waals surface area contributed by atoms with Crippen molar-refractivity contribution in [3.05, 3.63) is 70.3 Å². The predicted octanol–water partition coefficient (Wildman–Crippen LogP) is 3.52. The number of aromatic amines is 1. The van der Waals surface area contributed by atoms with Gasteiger partial charge in [0, 0.05) is 11.4 Å². The average Bonchev–Trinajstić information content (AvgIpc) is 2.44. The zero-order valence-electron chi connectivity index (χ0n) is 11.1. The van der Waals surface area contributed by atoms with Crippen molar-refractivity contribution in [3.8, 4) is 0 Å². The van der Waals surface area contributed by atoms with Gasteiger partial charge in [-0.15, -0.1) is 11.8 Å². The van der Waals surface area contributed by atoms with E-state index in [1.54, 1.807) is 11.8 Å². The van der Waals surface area contributed by atoms with Crippen molar-refractivity contribution < 1.29 is 0 Å². The van der Waals surface area contributed by atoms with Crippen molar-refractivity contribution in [1.82, 2.24) is 9.97 Å². The van der Waals surface area contributed by atoms with E-state index in [1.807, 2.05) is 25.1 Å². The summed E-state index contributed by atoms with van der Waals surface area (Å²) in [6.07, 6.45) is 0. The fraction of sp³-hybridized carbons (Fsp3) is 0.125. The molecule has 0 aliphatic carbocycles. The fourth-order valence-electron chi connectivity index (χ4n) is 2.19. The molecule has 2 aromatic carbocycles. The van der Waals surface area contributed by atoms with Crippen molar-refractivity contribution in [2.24, 2.45) is 0 Å². The second kappa shape index (κ2) is 5.51. The van der Waals surface area contributed by atoms with Crippen LogP contribution < -0.4 is 5.69 Å². The number of aromatic nitrogens is 2. The van der Waals surface area contributed by atoms with Crippen molar-refractivity contribution in [2.45, 2.75) is 17.7 Å². The van der Waals surface area contributed by atoms with Gasteiger partial charge in [-0.1, -0.05) is 42.5 Å². The van der Waals surface area contributed by atoms with Gasteiger partial charge in [0.15, 0.2) is 0 Å². The fourth-order valence-corrected chi connectivity index (χ4v) is 3.16. The second-order valence-electron chi connectivity index (χ2n) is 4.63. The normalized spacial score (nSPS) is 10.8. The van der Waals surface area contributed by atoms with Crippen LogP contribution in [-0.4, -0.2) is 9.97 Å². The molecule has 0 unspecified atom stereocenters. The van der Waals surface area contributed by atoms with Crippen LogP contribution in [0.1, 0.15) is 11.3 Å². The molecule has 1 aromatic heterocycles. The Kier molecular flexibility index (Phi) is 3.56. The third kappa shape index (κ3) is 2.75. The van der Waals surface area contributed by atoms with E-state index in [2.05, 4.69) is 40.3 Å². The molecule has 0 bridgehead atoms. The molecule has 0 saturated carbocycles. The molecule has 0 spiro atoms. The molecule has 4 heteroatoms. The summed E-state index contributed by atoms with van der Waals surface area (Å²) in [5, 5.41) is 3.25. The van der Waals surface area contributed by atoms with Crippen LogP contribution in [0.25, 0.3) is 10.8 Å². The summed E-state index contributed by atoms with van der Waals surface area (Å²) in [5.74, 6) is 0.803. The number of fused-ring (bicyclic) bond motifs is 1. The van der Waals surface area contributed by atoms with E-state index in [9.17, 15) is 4.79 Å². The molecule has 0 saturated heterocycles.